The summed E-state index contributed by atoms with van der Waals surface area (Å²) in [5.74, 6) is 0.682. The molecule has 0 radical (unpaired) electrons. The summed E-state index contributed by atoms with van der Waals surface area (Å²) in [5.41, 5.74) is 3.15. The van der Waals surface area contributed by atoms with E-state index in [1.807, 2.05) is 65.3 Å². The first-order valence-corrected chi connectivity index (χ1v) is 18.0. The fraction of sp³-hybridized carbons (Fsp3) is 0.684. The Labute approximate surface area is 294 Å². The molecule has 1 aromatic carbocycles. The summed E-state index contributed by atoms with van der Waals surface area (Å²) < 4.78 is 13.5. The van der Waals surface area contributed by atoms with Crippen molar-refractivity contribution in [3.63, 3.8) is 0 Å². The topological polar surface area (TPSA) is 109 Å². The zero-order chi connectivity index (χ0) is 36.4. The van der Waals surface area contributed by atoms with E-state index in [2.05, 4.69) is 35.3 Å². The van der Waals surface area contributed by atoms with E-state index in [9.17, 15) is 14.4 Å². The van der Waals surface area contributed by atoms with E-state index in [1.165, 1.54) is 17.5 Å². The Hall–Kier alpha value is -3.44. The van der Waals surface area contributed by atoms with Gasteiger partial charge in [-0.3, -0.25) is 9.59 Å². The average Bonchev–Trinajstić information content (AvgIpc) is 3.81. The van der Waals surface area contributed by atoms with Crippen molar-refractivity contribution in [3.8, 4) is 17.1 Å². The molecule has 274 valence electrons. The van der Waals surface area contributed by atoms with Gasteiger partial charge in [0.25, 0.3) is 0 Å². The van der Waals surface area contributed by atoms with Crippen LogP contribution < -0.4 is 10.1 Å². The number of amides is 2. The van der Waals surface area contributed by atoms with Crippen molar-refractivity contribution in [2.75, 3.05) is 66.0 Å². The van der Waals surface area contributed by atoms with Gasteiger partial charge in [0.15, 0.2) is 0 Å². The predicted octanol–water partition coefficient (Wildman–Crippen LogP) is 5.69. The molecule has 2 aromatic rings. The highest BCUT2D eigenvalue weighted by atomic mass is 16.6. The Balaban J connectivity index is 0.000000710. The maximum Gasteiger partial charge on any atom is 0.435 e. The van der Waals surface area contributed by atoms with E-state index >= 15 is 0 Å². The zero-order valence-electron chi connectivity index (χ0n) is 31.9. The van der Waals surface area contributed by atoms with Gasteiger partial charge < -0.3 is 29.5 Å². The molecule has 4 rings (SSSR count). The first-order valence-electron chi connectivity index (χ1n) is 18.0. The number of rotatable bonds is 12. The molecule has 2 amide bonds. The van der Waals surface area contributed by atoms with Crippen molar-refractivity contribution in [3.05, 3.63) is 34.9 Å². The van der Waals surface area contributed by atoms with Crippen LogP contribution in [0.15, 0.2) is 18.2 Å². The Morgan fingerprint density at radius 2 is 1.47 bits per heavy atom. The number of aryl methyl sites for hydroxylation is 2. The van der Waals surface area contributed by atoms with Gasteiger partial charge >= 0.3 is 6.09 Å². The normalized spacial score (nSPS) is 15.0. The van der Waals surface area contributed by atoms with Gasteiger partial charge in [-0.25, -0.2) is 4.79 Å². The highest BCUT2D eigenvalue weighted by Gasteiger charge is 2.36. The number of likely N-dealkylation sites (tertiary alicyclic amines) is 2. The zero-order valence-corrected chi connectivity index (χ0v) is 31.9. The lowest BCUT2D eigenvalue weighted by Gasteiger charge is -2.28. The second-order valence-corrected chi connectivity index (χ2v) is 15.1. The maximum atomic E-state index is 13.6. The van der Waals surface area contributed by atoms with Crippen LogP contribution in [-0.2, 0) is 20.7 Å². The molecule has 11 nitrogen and oxygen atoms in total. The van der Waals surface area contributed by atoms with Crippen molar-refractivity contribution in [1.29, 1.82) is 0 Å². The van der Waals surface area contributed by atoms with Gasteiger partial charge in [0.05, 0.1) is 11.1 Å². The summed E-state index contributed by atoms with van der Waals surface area (Å²) in [6, 6.07) is 6.24. The van der Waals surface area contributed by atoms with Crippen LogP contribution in [0.2, 0.25) is 0 Å². The number of benzene rings is 1. The van der Waals surface area contributed by atoms with Crippen LogP contribution in [0.4, 0.5) is 4.79 Å². The van der Waals surface area contributed by atoms with E-state index in [0.29, 0.717) is 18.0 Å². The van der Waals surface area contributed by atoms with E-state index in [4.69, 9.17) is 14.6 Å². The molecular weight excluding hydrogens is 620 g/mol. The number of hydrogen-bond acceptors (Lipinski definition) is 8. The summed E-state index contributed by atoms with van der Waals surface area (Å²) in [4.78, 5) is 43.6. The van der Waals surface area contributed by atoms with Crippen molar-refractivity contribution >= 4 is 17.9 Å². The van der Waals surface area contributed by atoms with Crippen LogP contribution in [0.25, 0.3) is 11.3 Å². The number of ether oxygens (including phenoxy) is 2. The Bertz CT molecular complexity index is 1380. The molecule has 1 aromatic heterocycles. The van der Waals surface area contributed by atoms with E-state index in [1.54, 1.807) is 6.92 Å². The number of aromatic nitrogens is 2. The molecule has 2 aliphatic heterocycles. The van der Waals surface area contributed by atoms with Crippen LogP contribution >= 0.6 is 0 Å². The fourth-order valence-corrected chi connectivity index (χ4v) is 6.28. The second-order valence-electron chi connectivity index (χ2n) is 15.1. The third-order valence-electron chi connectivity index (χ3n) is 8.90. The van der Waals surface area contributed by atoms with Gasteiger partial charge in [-0.05, 0) is 106 Å². The first kappa shape index (κ1) is 40.0. The molecular formula is C38H62N6O5. The Kier molecular flexibility index (Phi) is 14.7. The van der Waals surface area contributed by atoms with Crippen LogP contribution in [0.1, 0.15) is 90.8 Å². The number of carbonyl (C=O) groups is 3. The molecule has 2 saturated heterocycles. The standard InChI is InChI=1S/C32H51N5O4.C6H11NO/c1-10-35(18-14-33-9)17-13-26-27(25-20-23(2)19-24(3)21-25)37(30(39)41-31(4,5)6)34-28(26)40-22-32(7,8)29(38)36-15-11-12-16-36;1-6(8)7-4-2-3-5-7/h19-21,33H,10-18,22H2,1-9H3;2-5H2,1H3. The molecule has 1 N–H and O–H groups in total. The van der Waals surface area contributed by atoms with E-state index < -0.39 is 17.1 Å². The van der Waals surface area contributed by atoms with Gasteiger partial charge in [-0.15, -0.1) is 5.10 Å². The summed E-state index contributed by atoms with van der Waals surface area (Å²) in [6.07, 6.45) is 4.53. The fourth-order valence-electron chi connectivity index (χ4n) is 6.28. The third kappa shape index (κ3) is 11.8. The van der Waals surface area contributed by atoms with Crippen molar-refractivity contribution in [2.45, 2.75) is 100 Å². The minimum absolute atomic E-state index is 0.0851. The SMILES string of the molecule is CC(=O)N1CCCC1.CCN(CCNC)CCc1c(OCC(C)(C)C(=O)N2CCCC2)nn(C(=O)OC(C)(C)C)c1-c1cc(C)cc(C)c1. The minimum Gasteiger partial charge on any atom is -0.475 e. The lowest BCUT2D eigenvalue weighted by Crippen LogP contribution is -2.42. The molecule has 2 aliphatic rings. The Morgan fingerprint density at radius 3 is 1.96 bits per heavy atom. The van der Waals surface area contributed by atoms with Crippen LogP contribution in [0.3, 0.4) is 0 Å². The molecule has 3 heterocycles. The van der Waals surface area contributed by atoms with Crippen molar-refractivity contribution in [2.24, 2.45) is 5.41 Å². The van der Waals surface area contributed by atoms with Gasteiger partial charge in [0.1, 0.15) is 12.2 Å². The predicted molar refractivity (Wildman–Crippen MR) is 195 cm³/mol. The van der Waals surface area contributed by atoms with Gasteiger partial charge in [0.2, 0.25) is 17.7 Å². The number of carbonyl (C=O) groups excluding carboxylic acids is 3. The third-order valence-corrected chi connectivity index (χ3v) is 8.90. The summed E-state index contributed by atoms with van der Waals surface area (Å²) in [7, 11) is 1.95. The lowest BCUT2D eigenvalue weighted by molar-refractivity contribution is -0.140. The molecule has 0 unspecified atom stereocenters. The quantitative estimate of drug-likeness (QED) is 0.304. The molecule has 2 fully saturated rings. The molecule has 0 saturated carbocycles. The van der Waals surface area contributed by atoms with Crippen LogP contribution in [-0.4, -0.2) is 114 Å². The first-order chi connectivity index (χ1) is 23.1. The lowest BCUT2D eigenvalue weighted by atomic mass is 9.93. The van der Waals surface area contributed by atoms with Crippen LogP contribution in [0, 0.1) is 19.3 Å². The average molecular weight is 683 g/mol. The summed E-state index contributed by atoms with van der Waals surface area (Å²) >= 11 is 0. The molecule has 11 heteroatoms. The monoisotopic (exact) mass is 682 g/mol. The molecule has 0 aliphatic carbocycles. The van der Waals surface area contributed by atoms with Crippen LogP contribution in [0.5, 0.6) is 5.88 Å². The number of hydrogen-bond donors (Lipinski definition) is 1. The molecule has 0 spiro atoms. The number of nitrogens with zero attached hydrogens (tertiary/aromatic N) is 5. The van der Waals surface area contributed by atoms with Gasteiger partial charge in [0, 0.05) is 63.9 Å². The molecule has 0 bridgehead atoms. The van der Waals surface area contributed by atoms with E-state index in [-0.39, 0.29) is 18.4 Å². The van der Waals surface area contributed by atoms with Gasteiger partial charge in [-0.2, -0.15) is 4.68 Å². The molecule has 0 atom stereocenters. The van der Waals surface area contributed by atoms with Gasteiger partial charge in [-0.1, -0.05) is 24.1 Å². The van der Waals surface area contributed by atoms with Crippen molar-refractivity contribution in [1.82, 2.24) is 29.8 Å². The van der Waals surface area contributed by atoms with E-state index in [0.717, 1.165) is 87.5 Å². The summed E-state index contributed by atoms with van der Waals surface area (Å²) in [5, 5.41) is 7.94. The minimum atomic E-state index is -0.736. The number of likely N-dealkylation sites (N-methyl/N-ethyl adjacent to an activating group) is 2. The maximum absolute atomic E-state index is 13.6. The number of nitrogens with one attached hydrogen (secondary N) is 1. The molecule has 49 heavy (non-hydrogen) atoms. The van der Waals surface area contributed by atoms with Crippen molar-refractivity contribution < 1.29 is 23.9 Å². The Morgan fingerprint density at radius 1 is 0.898 bits per heavy atom. The smallest absolute Gasteiger partial charge is 0.435 e. The highest BCUT2D eigenvalue weighted by Crippen LogP contribution is 2.35. The summed E-state index contributed by atoms with van der Waals surface area (Å²) in [6.45, 7) is 24.4. The highest BCUT2D eigenvalue weighted by molar-refractivity contribution is 5.83. The second kappa shape index (κ2) is 18.0. The largest absolute Gasteiger partial charge is 0.475 e.